The fourth-order valence-corrected chi connectivity index (χ4v) is 5.27. The van der Waals surface area contributed by atoms with E-state index in [1.54, 1.807) is 12.1 Å². The van der Waals surface area contributed by atoms with Gasteiger partial charge in [-0.25, -0.2) is 0 Å². The van der Waals surface area contributed by atoms with E-state index in [0.717, 1.165) is 44.6 Å². The van der Waals surface area contributed by atoms with Gasteiger partial charge in [0.05, 0.1) is 6.61 Å². The van der Waals surface area contributed by atoms with E-state index in [1.165, 1.54) is 23.1 Å². The van der Waals surface area contributed by atoms with Crippen molar-refractivity contribution in [2.45, 2.75) is 51.6 Å². The molecule has 0 radical (unpaired) electrons. The predicted octanol–water partition coefficient (Wildman–Crippen LogP) is 4.74. The van der Waals surface area contributed by atoms with Crippen molar-refractivity contribution in [3.05, 3.63) is 63.7 Å². The number of nitrogens with zero attached hydrogens (tertiary/aromatic N) is 2. The molecular weight excluding hydrogens is 422 g/mol. The normalized spacial score (nSPS) is 21.3. The molecule has 2 atom stereocenters. The van der Waals surface area contributed by atoms with Crippen LogP contribution in [0.5, 0.6) is 5.75 Å². The Morgan fingerprint density at radius 2 is 1.88 bits per heavy atom. The molecule has 32 heavy (non-hydrogen) atoms. The first-order valence-electron chi connectivity index (χ1n) is 11.7. The van der Waals surface area contributed by atoms with Gasteiger partial charge >= 0.3 is 0 Å². The quantitative estimate of drug-likeness (QED) is 0.639. The molecule has 2 saturated heterocycles. The standard InChI is InChI=1S/C26H34ClN3O2/c1-18-19(2)25(32-16-4-13-28)12-11-23(18)24-6-3-5-22-17-29(14-15-30(22)24)26(31)20-7-9-21(27)10-8-20/h7-12,22,24H,3-6,13-17,28H2,1-2H3/t22-,24+/m0/s1. The Morgan fingerprint density at radius 3 is 2.62 bits per heavy atom. The Hall–Kier alpha value is -2.08. The minimum Gasteiger partial charge on any atom is -0.493 e. The molecular formula is C26H34ClN3O2. The molecule has 2 fully saturated rings. The van der Waals surface area contributed by atoms with Gasteiger partial charge in [-0.15, -0.1) is 0 Å². The number of carbonyl (C=O) groups excluding carboxylic acids is 1. The second kappa shape index (κ2) is 10.2. The molecule has 4 rings (SSSR count). The maximum atomic E-state index is 13.0. The molecule has 172 valence electrons. The summed E-state index contributed by atoms with van der Waals surface area (Å²) in [6.07, 6.45) is 4.35. The highest BCUT2D eigenvalue weighted by molar-refractivity contribution is 6.30. The first kappa shape index (κ1) is 23.1. The summed E-state index contributed by atoms with van der Waals surface area (Å²) in [5, 5.41) is 0.656. The summed E-state index contributed by atoms with van der Waals surface area (Å²) in [6.45, 7) is 8.12. The highest BCUT2D eigenvalue weighted by Crippen LogP contribution is 2.39. The third-order valence-electron chi connectivity index (χ3n) is 7.07. The molecule has 1 amide bonds. The molecule has 2 aliphatic heterocycles. The van der Waals surface area contributed by atoms with Crippen LogP contribution in [0.25, 0.3) is 0 Å². The lowest BCUT2D eigenvalue weighted by Crippen LogP contribution is -2.57. The average molecular weight is 456 g/mol. The van der Waals surface area contributed by atoms with Crippen LogP contribution in [0.2, 0.25) is 5.02 Å². The first-order chi connectivity index (χ1) is 15.5. The van der Waals surface area contributed by atoms with E-state index >= 15 is 0 Å². The van der Waals surface area contributed by atoms with Gasteiger partial charge in [-0.05, 0) is 93.1 Å². The molecule has 2 aromatic rings. The number of halogens is 1. The highest BCUT2D eigenvalue weighted by Gasteiger charge is 2.37. The van der Waals surface area contributed by atoms with Gasteiger partial charge < -0.3 is 15.4 Å². The van der Waals surface area contributed by atoms with Crippen molar-refractivity contribution in [2.24, 2.45) is 5.73 Å². The number of hydrogen-bond donors (Lipinski definition) is 1. The van der Waals surface area contributed by atoms with Crippen molar-refractivity contribution in [3.63, 3.8) is 0 Å². The number of hydrogen-bond acceptors (Lipinski definition) is 4. The molecule has 2 aromatic carbocycles. The third kappa shape index (κ3) is 4.80. The van der Waals surface area contributed by atoms with Crippen LogP contribution in [-0.4, -0.2) is 54.5 Å². The zero-order valence-corrected chi connectivity index (χ0v) is 19.9. The minimum atomic E-state index is 0.106. The topological polar surface area (TPSA) is 58.8 Å². The van der Waals surface area contributed by atoms with Gasteiger partial charge in [-0.2, -0.15) is 0 Å². The van der Waals surface area contributed by atoms with Gasteiger partial charge in [0, 0.05) is 42.3 Å². The van der Waals surface area contributed by atoms with Crippen LogP contribution < -0.4 is 10.5 Å². The molecule has 0 aliphatic carbocycles. The fraction of sp³-hybridized carbons (Fsp3) is 0.500. The molecule has 0 unspecified atom stereocenters. The maximum Gasteiger partial charge on any atom is 0.253 e. The summed E-state index contributed by atoms with van der Waals surface area (Å²) in [7, 11) is 0. The Balaban J connectivity index is 1.47. The Labute approximate surface area is 196 Å². The predicted molar refractivity (Wildman–Crippen MR) is 130 cm³/mol. The van der Waals surface area contributed by atoms with E-state index in [4.69, 9.17) is 22.1 Å². The zero-order chi connectivity index (χ0) is 22.7. The summed E-state index contributed by atoms with van der Waals surface area (Å²) < 4.78 is 5.95. The molecule has 0 bridgehead atoms. The number of benzene rings is 2. The van der Waals surface area contributed by atoms with E-state index in [9.17, 15) is 4.79 Å². The SMILES string of the molecule is Cc1c(OCCCN)ccc([C@H]2CCC[C@H]3CN(C(=O)c4ccc(Cl)cc4)CCN32)c1C. The molecule has 6 heteroatoms. The molecule has 2 N–H and O–H groups in total. The zero-order valence-electron chi connectivity index (χ0n) is 19.1. The summed E-state index contributed by atoms with van der Waals surface area (Å²) in [4.78, 5) is 17.7. The van der Waals surface area contributed by atoms with Crippen LogP contribution in [-0.2, 0) is 0 Å². The summed E-state index contributed by atoms with van der Waals surface area (Å²) in [6, 6.07) is 12.4. The number of fused-ring (bicyclic) bond motifs is 1. The molecule has 2 heterocycles. The Morgan fingerprint density at radius 1 is 1.09 bits per heavy atom. The van der Waals surface area contributed by atoms with Crippen molar-refractivity contribution in [2.75, 3.05) is 32.8 Å². The number of carbonyl (C=O) groups is 1. The molecule has 5 nitrogen and oxygen atoms in total. The van der Waals surface area contributed by atoms with Gasteiger partial charge in [0.25, 0.3) is 5.91 Å². The Bertz CT molecular complexity index is 947. The van der Waals surface area contributed by atoms with Crippen LogP contribution in [0.3, 0.4) is 0 Å². The smallest absolute Gasteiger partial charge is 0.253 e. The van der Waals surface area contributed by atoms with Crippen molar-refractivity contribution >= 4 is 17.5 Å². The lowest BCUT2D eigenvalue weighted by atomic mass is 9.86. The average Bonchev–Trinajstić information content (AvgIpc) is 2.81. The summed E-state index contributed by atoms with van der Waals surface area (Å²) >= 11 is 5.99. The first-order valence-corrected chi connectivity index (χ1v) is 12.1. The van der Waals surface area contributed by atoms with Crippen LogP contribution in [0.4, 0.5) is 0 Å². The van der Waals surface area contributed by atoms with Gasteiger partial charge in [-0.3, -0.25) is 9.69 Å². The number of piperazine rings is 1. The summed E-state index contributed by atoms with van der Waals surface area (Å²) in [5.41, 5.74) is 10.3. The number of amides is 1. The van der Waals surface area contributed by atoms with Gasteiger partial charge in [0.2, 0.25) is 0 Å². The number of nitrogens with two attached hydrogens (primary N) is 1. The van der Waals surface area contributed by atoms with Crippen molar-refractivity contribution in [1.29, 1.82) is 0 Å². The molecule has 0 spiro atoms. The van der Waals surface area contributed by atoms with E-state index < -0.39 is 0 Å². The van der Waals surface area contributed by atoms with Gasteiger partial charge in [0.1, 0.15) is 5.75 Å². The van der Waals surface area contributed by atoms with E-state index in [2.05, 4.69) is 30.9 Å². The summed E-state index contributed by atoms with van der Waals surface area (Å²) in [5.74, 6) is 1.07. The molecule has 0 saturated carbocycles. The lowest BCUT2D eigenvalue weighted by molar-refractivity contribution is 0.0101. The lowest BCUT2D eigenvalue weighted by Gasteiger charge is -2.48. The molecule has 0 aromatic heterocycles. The van der Waals surface area contributed by atoms with Crippen LogP contribution >= 0.6 is 11.6 Å². The number of piperidine rings is 1. The van der Waals surface area contributed by atoms with Crippen LogP contribution in [0, 0.1) is 13.8 Å². The fourth-order valence-electron chi connectivity index (χ4n) is 5.14. The minimum absolute atomic E-state index is 0.106. The van der Waals surface area contributed by atoms with Crippen LogP contribution in [0.1, 0.15) is 58.8 Å². The largest absolute Gasteiger partial charge is 0.493 e. The third-order valence-corrected chi connectivity index (χ3v) is 7.32. The molecule has 2 aliphatic rings. The van der Waals surface area contributed by atoms with Crippen LogP contribution in [0.15, 0.2) is 36.4 Å². The van der Waals surface area contributed by atoms with E-state index in [0.29, 0.717) is 35.8 Å². The number of ether oxygens (including phenoxy) is 1. The maximum absolute atomic E-state index is 13.0. The van der Waals surface area contributed by atoms with Gasteiger partial charge in [-0.1, -0.05) is 17.7 Å². The van der Waals surface area contributed by atoms with Crippen molar-refractivity contribution in [3.8, 4) is 5.75 Å². The van der Waals surface area contributed by atoms with E-state index in [-0.39, 0.29) is 5.91 Å². The highest BCUT2D eigenvalue weighted by atomic mass is 35.5. The van der Waals surface area contributed by atoms with Crippen molar-refractivity contribution < 1.29 is 9.53 Å². The van der Waals surface area contributed by atoms with Gasteiger partial charge in [0.15, 0.2) is 0 Å². The van der Waals surface area contributed by atoms with E-state index in [1.807, 2.05) is 17.0 Å². The number of rotatable bonds is 6. The van der Waals surface area contributed by atoms with Crippen molar-refractivity contribution in [1.82, 2.24) is 9.80 Å². The monoisotopic (exact) mass is 455 g/mol. The second-order valence-corrected chi connectivity index (χ2v) is 9.43. The Kier molecular flexibility index (Phi) is 7.39. The second-order valence-electron chi connectivity index (χ2n) is 8.99.